The minimum absolute atomic E-state index is 0.304. The molecule has 0 amide bonds. The van der Waals surface area contributed by atoms with Crippen LogP contribution in [-0.2, 0) is 13.0 Å². The van der Waals surface area contributed by atoms with Gasteiger partial charge in [-0.25, -0.2) is 18.9 Å². The van der Waals surface area contributed by atoms with Gasteiger partial charge in [0.05, 0.1) is 19.3 Å². The van der Waals surface area contributed by atoms with E-state index in [1.807, 2.05) is 6.07 Å². The minimum atomic E-state index is -4.75. The van der Waals surface area contributed by atoms with E-state index in [2.05, 4.69) is 30.7 Å². The number of rotatable bonds is 6. The first-order valence-corrected chi connectivity index (χ1v) is 10.2. The van der Waals surface area contributed by atoms with Crippen molar-refractivity contribution in [2.75, 3.05) is 7.11 Å². The van der Waals surface area contributed by atoms with E-state index < -0.39 is 6.36 Å². The molecule has 4 rings (SSSR count). The standard InChI is InChI=1S/C21H16BrF3N4O3/c1-31-19-9-7-16(22)17(26-19)10-11-29-20(30)28-12-14(4-8-18(28)27-29)13-2-5-15(6-3-13)32-21(23,24)25/h2-9,12H,10-11H2,1H3. The molecule has 11 heteroatoms. The Bertz CT molecular complexity index is 1320. The van der Waals surface area contributed by atoms with Gasteiger partial charge in [0.1, 0.15) is 5.75 Å². The van der Waals surface area contributed by atoms with Crippen LogP contribution in [0.15, 0.2) is 64.0 Å². The summed E-state index contributed by atoms with van der Waals surface area (Å²) in [5.41, 5.74) is 2.13. The molecule has 0 fully saturated rings. The Hall–Kier alpha value is -3.34. The summed E-state index contributed by atoms with van der Waals surface area (Å²) in [6, 6.07) is 12.4. The average molecular weight is 509 g/mol. The molecule has 0 atom stereocenters. The van der Waals surface area contributed by atoms with Crippen molar-refractivity contribution < 1.29 is 22.6 Å². The molecule has 0 aliphatic carbocycles. The lowest BCUT2D eigenvalue weighted by Crippen LogP contribution is -2.22. The third-order valence-electron chi connectivity index (χ3n) is 4.66. The molecule has 4 aromatic rings. The van der Waals surface area contributed by atoms with Crippen LogP contribution in [0.1, 0.15) is 5.69 Å². The van der Waals surface area contributed by atoms with Crippen LogP contribution in [0.25, 0.3) is 16.8 Å². The van der Waals surface area contributed by atoms with Crippen molar-refractivity contribution in [3.63, 3.8) is 0 Å². The SMILES string of the molecule is COc1ccc(Br)c(CCn2nc3ccc(-c4ccc(OC(F)(F)F)cc4)cn3c2=O)n1. The van der Waals surface area contributed by atoms with Crippen molar-refractivity contribution in [1.82, 2.24) is 19.2 Å². The second-order valence-electron chi connectivity index (χ2n) is 6.76. The summed E-state index contributed by atoms with van der Waals surface area (Å²) in [6.45, 7) is 0.304. The van der Waals surface area contributed by atoms with E-state index in [9.17, 15) is 18.0 Å². The van der Waals surface area contributed by atoms with E-state index in [-0.39, 0.29) is 11.4 Å². The summed E-state index contributed by atoms with van der Waals surface area (Å²) < 4.78 is 49.6. The fourth-order valence-electron chi connectivity index (χ4n) is 3.15. The van der Waals surface area contributed by atoms with Gasteiger partial charge in [-0.2, -0.15) is 0 Å². The summed E-state index contributed by atoms with van der Waals surface area (Å²) in [7, 11) is 1.53. The lowest BCUT2D eigenvalue weighted by molar-refractivity contribution is -0.274. The number of ether oxygens (including phenoxy) is 2. The number of nitrogens with zero attached hydrogens (tertiary/aromatic N) is 4. The van der Waals surface area contributed by atoms with Crippen LogP contribution in [0.5, 0.6) is 11.6 Å². The van der Waals surface area contributed by atoms with Crippen molar-refractivity contribution in [3.8, 4) is 22.8 Å². The van der Waals surface area contributed by atoms with Crippen LogP contribution in [0.4, 0.5) is 13.2 Å². The lowest BCUT2D eigenvalue weighted by atomic mass is 10.1. The Morgan fingerprint density at radius 3 is 2.44 bits per heavy atom. The number of methoxy groups -OCH3 is 1. The quantitative estimate of drug-likeness (QED) is 0.384. The Balaban J connectivity index is 1.57. The third-order valence-corrected chi connectivity index (χ3v) is 5.38. The van der Waals surface area contributed by atoms with Gasteiger partial charge in [0.15, 0.2) is 5.65 Å². The lowest BCUT2D eigenvalue weighted by Gasteiger charge is -2.09. The largest absolute Gasteiger partial charge is 0.573 e. The maximum atomic E-state index is 12.8. The predicted octanol–water partition coefficient (Wildman–Crippen LogP) is 4.47. The highest BCUT2D eigenvalue weighted by molar-refractivity contribution is 9.10. The molecule has 0 bridgehead atoms. The molecule has 0 saturated carbocycles. The van der Waals surface area contributed by atoms with Crippen molar-refractivity contribution in [3.05, 3.63) is 75.4 Å². The minimum Gasteiger partial charge on any atom is -0.481 e. The van der Waals surface area contributed by atoms with E-state index in [0.29, 0.717) is 35.6 Å². The highest BCUT2D eigenvalue weighted by Crippen LogP contribution is 2.26. The van der Waals surface area contributed by atoms with Crippen LogP contribution in [0, 0.1) is 0 Å². The molecule has 1 aromatic carbocycles. The summed E-state index contributed by atoms with van der Waals surface area (Å²) in [4.78, 5) is 17.2. The third kappa shape index (κ3) is 4.77. The molecule has 0 saturated heterocycles. The first-order chi connectivity index (χ1) is 15.2. The van der Waals surface area contributed by atoms with Gasteiger partial charge in [-0.15, -0.1) is 18.3 Å². The number of benzene rings is 1. The van der Waals surface area contributed by atoms with Crippen LogP contribution in [0.2, 0.25) is 0 Å². The van der Waals surface area contributed by atoms with E-state index in [1.54, 1.807) is 24.4 Å². The number of hydrogen-bond acceptors (Lipinski definition) is 5. The summed E-state index contributed by atoms with van der Waals surface area (Å²) in [5.74, 6) is 0.159. The molecule has 0 aliphatic rings. The molecular formula is C21H16BrF3N4O3. The number of pyridine rings is 2. The van der Waals surface area contributed by atoms with Crippen molar-refractivity contribution in [1.29, 1.82) is 0 Å². The monoisotopic (exact) mass is 508 g/mol. The Labute approximate surface area is 188 Å². The number of aryl methyl sites for hydroxylation is 2. The maximum Gasteiger partial charge on any atom is 0.573 e. The smallest absolute Gasteiger partial charge is 0.481 e. The zero-order valence-corrected chi connectivity index (χ0v) is 18.2. The van der Waals surface area contributed by atoms with Crippen LogP contribution in [-0.4, -0.2) is 32.6 Å². The Kier molecular flexibility index (Phi) is 5.92. The summed E-state index contributed by atoms with van der Waals surface area (Å²) in [5, 5.41) is 4.34. The molecule has 0 radical (unpaired) electrons. The maximum absolute atomic E-state index is 12.8. The Morgan fingerprint density at radius 2 is 1.75 bits per heavy atom. The normalized spacial score (nSPS) is 11.7. The van der Waals surface area contributed by atoms with Gasteiger partial charge in [0.2, 0.25) is 5.88 Å². The number of fused-ring (bicyclic) bond motifs is 1. The molecule has 0 aliphatic heterocycles. The van der Waals surface area contributed by atoms with Crippen molar-refractivity contribution >= 4 is 21.6 Å². The van der Waals surface area contributed by atoms with E-state index in [4.69, 9.17) is 4.74 Å². The zero-order chi connectivity index (χ0) is 22.9. The van der Waals surface area contributed by atoms with Crippen molar-refractivity contribution in [2.24, 2.45) is 0 Å². The second kappa shape index (κ2) is 8.65. The first-order valence-electron chi connectivity index (χ1n) is 9.38. The molecular weight excluding hydrogens is 493 g/mol. The molecule has 3 heterocycles. The van der Waals surface area contributed by atoms with Gasteiger partial charge in [0, 0.05) is 23.2 Å². The van der Waals surface area contributed by atoms with Gasteiger partial charge >= 0.3 is 12.1 Å². The second-order valence-corrected chi connectivity index (χ2v) is 7.61. The van der Waals surface area contributed by atoms with E-state index in [0.717, 1.165) is 10.2 Å². The van der Waals surface area contributed by atoms with E-state index >= 15 is 0 Å². The van der Waals surface area contributed by atoms with E-state index in [1.165, 1.54) is 40.5 Å². The molecule has 0 N–H and O–H groups in total. The number of aromatic nitrogens is 4. The van der Waals surface area contributed by atoms with Gasteiger partial charge in [-0.1, -0.05) is 12.1 Å². The van der Waals surface area contributed by atoms with Crippen LogP contribution in [0.3, 0.4) is 0 Å². The van der Waals surface area contributed by atoms with Crippen LogP contribution >= 0.6 is 15.9 Å². The average Bonchev–Trinajstić information content (AvgIpc) is 3.07. The molecule has 0 spiro atoms. The number of alkyl halides is 3. The van der Waals surface area contributed by atoms with Crippen LogP contribution < -0.4 is 15.2 Å². The van der Waals surface area contributed by atoms with Gasteiger partial charge in [-0.3, -0.25) is 0 Å². The first kappa shape index (κ1) is 21.9. The van der Waals surface area contributed by atoms with Gasteiger partial charge in [-0.05, 0) is 57.4 Å². The topological polar surface area (TPSA) is 70.7 Å². The van der Waals surface area contributed by atoms with Gasteiger partial charge in [0.25, 0.3) is 0 Å². The fraction of sp³-hybridized carbons (Fsp3) is 0.190. The number of halogens is 4. The van der Waals surface area contributed by atoms with Gasteiger partial charge < -0.3 is 9.47 Å². The molecule has 7 nitrogen and oxygen atoms in total. The summed E-state index contributed by atoms with van der Waals surface area (Å²) in [6.07, 6.45) is -2.70. The molecule has 3 aromatic heterocycles. The summed E-state index contributed by atoms with van der Waals surface area (Å²) >= 11 is 3.44. The highest BCUT2D eigenvalue weighted by Gasteiger charge is 2.31. The Morgan fingerprint density at radius 1 is 1.03 bits per heavy atom. The van der Waals surface area contributed by atoms with Crippen molar-refractivity contribution in [2.45, 2.75) is 19.3 Å². The zero-order valence-electron chi connectivity index (χ0n) is 16.6. The number of hydrogen-bond donors (Lipinski definition) is 0. The predicted molar refractivity (Wildman–Crippen MR) is 114 cm³/mol. The molecule has 0 unspecified atom stereocenters. The highest BCUT2D eigenvalue weighted by atomic mass is 79.9. The fourth-order valence-corrected chi connectivity index (χ4v) is 3.57. The molecule has 32 heavy (non-hydrogen) atoms. The molecule has 166 valence electrons.